The first-order chi connectivity index (χ1) is 14.0. The highest BCUT2D eigenvalue weighted by molar-refractivity contribution is 6.30. The Balaban J connectivity index is 1.80. The number of hydrogen-bond donors (Lipinski definition) is 3. The Kier molecular flexibility index (Phi) is 9.47. The van der Waals surface area contributed by atoms with Crippen LogP contribution in [0.3, 0.4) is 0 Å². The van der Waals surface area contributed by atoms with Gasteiger partial charge in [0, 0.05) is 43.8 Å². The molecular formula is C22H30ClN5O. The number of nitrogens with zero attached hydrogens (tertiary/aromatic N) is 2. The van der Waals surface area contributed by atoms with E-state index in [0.29, 0.717) is 24.6 Å². The third-order valence-electron chi connectivity index (χ3n) is 4.31. The van der Waals surface area contributed by atoms with Crippen molar-refractivity contribution in [3.05, 3.63) is 70.2 Å². The molecule has 29 heavy (non-hydrogen) atoms. The highest BCUT2D eigenvalue weighted by Gasteiger charge is 2.06. The van der Waals surface area contributed by atoms with Crippen molar-refractivity contribution in [1.82, 2.24) is 20.9 Å². The summed E-state index contributed by atoms with van der Waals surface area (Å²) in [5.74, 6) is 0.658. The molecule has 0 aromatic heterocycles. The van der Waals surface area contributed by atoms with Crippen LogP contribution in [0.5, 0.6) is 0 Å². The Labute approximate surface area is 178 Å². The topological polar surface area (TPSA) is 68.8 Å². The maximum absolute atomic E-state index is 12.3. The maximum atomic E-state index is 12.3. The highest BCUT2D eigenvalue weighted by Crippen LogP contribution is 2.10. The third kappa shape index (κ3) is 8.54. The Morgan fingerprint density at radius 3 is 2.48 bits per heavy atom. The zero-order chi connectivity index (χ0) is 21.1. The van der Waals surface area contributed by atoms with Crippen LogP contribution in [0.1, 0.15) is 21.5 Å². The maximum Gasteiger partial charge on any atom is 0.251 e. The van der Waals surface area contributed by atoms with Crippen molar-refractivity contribution in [1.29, 1.82) is 0 Å². The number of aliphatic imine (C=N–C) groups is 1. The fraction of sp³-hybridized carbons (Fsp3) is 0.364. The van der Waals surface area contributed by atoms with Gasteiger partial charge in [0.1, 0.15) is 0 Å². The summed E-state index contributed by atoms with van der Waals surface area (Å²) in [4.78, 5) is 18.6. The predicted octanol–water partition coefficient (Wildman–Crippen LogP) is 2.54. The molecule has 6 nitrogen and oxygen atoms in total. The average Bonchev–Trinajstić information content (AvgIpc) is 2.70. The monoisotopic (exact) mass is 415 g/mol. The molecule has 0 heterocycles. The fourth-order valence-electron chi connectivity index (χ4n) is 2.74. The number of nitrogens with one attached hydrogen (secondary N) is 3. The minimum Gasteiger partial charge on any atom is -0.356 e. The number of hydrogen-bond acceptors (Lipinski definition) is 3. The van der Waals surface area contributed by atoms with Crippen molar-refractivity contribution in [3.63, 3.8) is 0 Å². The first-order valence-corrected chi connectivity index (χ1v) is 10.1. The van der Waals surface area contributed by atoms with Gasteiger partial charge < -0.3 is 20.9 Å². The summed E-state index contributed by atoms with van der Waals surface area (Å²) in [7, 11) is 5.70. The molecule has 0 unspecified atom stereocenters. The summed E-state index contributed by atoms with van der Waals surface area (Å²) < 4.78 is 0. The molecule has 0 saturated heterocycles. The second kappa shape index (κ2) is 12.1. The van der Waals surface area contributed by atoms with Crippen LogP contribution >= 0.6 is 11.6 Å². The molecular weight excluding hydrogens is 386 g/mol. The molecule has 1 amide bonds. The molecule has 0 saturated carbocycles. The molecule has 2 aromatic carbocycles. The molecule has 3 N–H and O–H groups in total. The second-order valence-electron chi connectivity index (χ2n) is 6.99. The molecule has 7 heteroatoms. The third-order valence-corrected chi connectivity index (χ3v) is 4.55. The van der Waals surface area contributed by atoms with Crippen molar-refractivity contribution < 1.29 is 4.79 Å². The van der Waals surface area contributed by atoms with Crippen molar-refractivity contribution in [2.45, 2.75) is 13.0 Å². The molecule has 0 bridgehead atoms. The van der Waals surface area contributed by atoms with Gasteiger partial charge in [0.25, 0.3) is 5.91 Å². The number of carbonyl (C=O) groups is 1. The van der Waals surface area contributed by atoms with Gasteiger partial charge in [-0.1, -0.05) is 35.9 Å². The number of rotatable bonds is 9. The van der Waals surface area contributed by atoms with E-state index in [2.05, 4.69) is 27.0 Å². The van der Waals surface area contributed by atoms with Crippen molar-refractivity contribution >= 4 is 23.5 Å². The van der Waals surface area contributed by atoms with Crippen LogP contribution in [0, 0.1) is 0 Å². The van der Waals surface area contributed by atoms with Gasteiger partial charge in [-0.05, 0) is 55.9 Å². The van der Waals surface area contributed by atoms with Crippen LogP contribution < -0.4 is 16.0 Å². The van der Waals surface area contributed by atoms with Crippen LogP contribution in [0.4, 0.5) is 0 Å². The van der Waals surface area contributed by atoms with Gasteiger partial charge in [-0.15, -0.1) is 0 Å². The Morgan fingerprint density at radius 2 is 1.76 bits per heavy atom. The van der Waals surface area contributed by atoms with E-state index in [4.69, 9.17) is 11.6 Å². The normalized spacial score (nSPS) is 11.4. The van der Waals surface area contributed by atoms with Gasteiger partial charge in [0.2, 0.25) is 0 Å². The predicted molar refractivity (Wildman–Crippen MR) is 121 cm³/mol. The van der Waals surface area contributed by atoms with Crippen LogP contribution in [0.15, 0.2) is 53.5 Å². The van der Waals surface area contributed by atoms with Crippen molar-refractivity contribution in [2.24, 2.45) is 4.99 Å². The largest absolute Gasteiger partial charge is 0.356 e. The molecule has 0 aliphatic rings. The quantitative estimate of drug-likeness (QED) is 0.435. The smallest absolute Gasteiger partial charge is 0.251 e. The number of amides is 1. The lowest BCUT2D eigenvalue weighted by Gasteiger charge is -2.13. The van der Waals surface area contributed by atoms with Crippen LogP contribution in [0.2, 0.25) is 5.02 Å². The molecule has 2 rings (SSSR count). The molecule has 0 spiro atoms. The van der Waals surface area contributed by atoms with E-state index < -0.39 is 0 Å². The minimum atomic E-state index is -0.0577. The van der Waals surface area contributed by atoms with Crippen molar-refractivity contribution in [3.8, 4) is 0 Å². The van der Waals surface area contributed by atoms with Gasteiger partial charge in [-0.3, -0.25) is 9.79 Å². The minimum absolute atomic E-state index is 0.0577. The molecule has 0 radical (unpaired) electrons. The van der Waals surface area contributed by atoms with E-state index in [1.54, 1.807) is 7.05 Å². The number of likely N-dealkylation sites (N-methyl/N-ethyl adjacent to an activating group) is 1. The lowest BCUT2D eigenvalue weighted by Crippen LogP contribution is -2.38. The van der Waals surface area contributed by atoms with E-state index in [1.165, 1.54) is 5.56 Å². The lowest BCUT2D eigenvalue weighted by molar-refractivity contribution is 0.0951. The summed E-state index contributed by atoms with van der Waals surface area (Å²) in [5.41, 5.74) is 2.85. The van der Waals surface area contributed by atoms with E-state index >= 15 is 0 Å². The Morgan fingerprint density at radius 1 is 1.00 bits per heavy atom. The van der Waals surface area contributed by atoms with Crippen LogP contribution in [-0.4, -0.2) is 57.5 Å². The first kappa shape index (κ1) is 22.7. The number of benzene rings is 2. The van der Waals surface area contributed by atoms with E-state index in [-0.39, 0.29) is 5.91 Å². The van der Waals surface area contributed by atoms with Crippen LogP contribution in [-0.2, 0) is 13.0 Å². The van der Waals surface area contributed by atoms with Gasteiger partial charge in [-0.2, -0.15) is 0 Å². The molecule has 2 aromatic rings. The Hall–Kier alpha value is -2.57. The summed E-state index contributed by atoms with van der Waals surface area (Å²) in [5, 5.41) is 10.3. The van der Waals surface area contributed by atoms with Gasteiger partial charge in [0.05, 0.1) is 0 Å². The van der Waals surface area contributed by atoms with Gasteiger partial charge in [0.15, 0.2) is 5.96 Å². The summed E-state index contributed by atoms with van der Waals surface area (Å²) in [6.07, 6.45) is 0.851. The number of halogens is 1. The zero-order valence-corrected chi connectivity index (χ0v) is 18.1. The molecule has 0 atom stereocenters. The zero-order valence-electron chi connectivity index (χ0n) is 17.3. The fourth-order valence-corrected chi connectivity index (χ4v) is 2.95. The number of guanidine groups is 1. The first-order valence-electron chi connectivity index (χ1n) is 9.69. The SMILES string of the molecule is CN=C(NCCc1cccc(Cl)c1)NCc1cccc(C(=O)NCCN(C)C)c1. The van der Waals surface area contributed by atoms with E-state index in [0.717, 1.165) is 30.1 Å². The summed E-state index contributed by atoms with van der Waals surface area (Å²) in [6, 6.07) is 15.5. The summed E-state index contributed by atoms with van der Waals surface area (Å²) in [6.45, 7) is 2.76. The molecule has 0 aliphatic carbocycles. The van der Waals surface area contributed by atoms with E-state index in [9.17, 15) is 4.79 Å². The summed E-state index contributed by atoms with van der Waals surface area (Å²) >= 11 is 6.02. The molecule has 156 valence electrons. The average molecular weight is 416 g/mol. The van der Waals surface area contributed by atoms with Gasteiger partial charge >= 0.3 is 0 Å². The highest BCUT2D eigenvalue weighted by atomic mass is 35.5. The lowest BCUT2D eigenvalue weighted by atomic mass is 10.1. The molecule has 0 fully saturated rings. The van der Waals surface area contributed by atoms with Gasteiger partial charge in [-0.25, -0.2) is 0 Å². The van der Waals surface area contributed by atoms with E-state index in [1.807, 2.05) is 61.5 Å². The second-order valence-corrected chi connectivity index (χ2v) is 7.43. The number of carbonyl (C=O) groups excluding carboxylic acids is 1. The Bertz CT molecular complexity index is 822. The standard InChI is InChI=1S/C22H30ClN5O/c1-24-22(26-11-10-17-6-5-9-20(23)15-17)27-16-18-7-4-8-19(14-18)21(29)25-12-13-28(2)3/h4-9,14-15H,10-13,16H2,1-3H3,(H,25,29)(H2,24,26,27). The van der Waals surface area contributed by atoms with Crippen LogP contribution in [0.25, 0.3) is 0 Å². The molecule has 0 aliphatic heterocycles. The van der Waals surface area contributed by atoms with Crippen molar-refractivity contribution in [2.75, 3.05) is 40.8 Å².